The maximum absolute atomic E-state index is 12.2. The van der Waals surface area contributed by atoms with E-state index in [0.717, 1.165) is 5.57 Å². The van der Waals surface area contributed by atoms with Gasteiger partial charge in [0.05, 0.1) is 5.41 Å². The van der Waals surface area contributed by atoms with Crippen molar-refractivity contribution in [1.82, 2.24) is 0 Å². The standard InChI is InChI=1S/C15H22O3/c1-5-12(16)6-7-15(4)13(17)8-11(10(2)3)9-14(15)18/h11H,2,5-9H2,1,3-4H3. The van der Waals surface area contributed by atoms with Crippen LogP contribution in [0.15, 0.2) is 12.2 Å². The number of carbonyl (C=O) groups is 3. The summed E-state index contributed by atoms with van der Waals surface area (Å²) in [5.74, 6) is 0.0325. The highest BCUT2D eigenvalue weighted by molar-refractivity contribution is 6.09. The molecular formula is C15H22O3. The Balaban J connectivity index is 2.77. The van der Waals surface area contributed by atoms with Crippen molar-refractivity contribution in [3.8, 4) is 0 Å². The van der Waals surface area contributed by atoms with Crippen molar-refractivity contribution in [3.05, 3.63) is 12.2 Å². The van der Waals surface area contributed by atoms with Crippen LogP contribution < -0.4 is 0 Å². The molecule has 3 nitrogen and oxygen atoms in total. The molecule has 0 atom stereocenters. The SMILES string of the molecule is C=C(C)C1CC(=O)C(C)(CCC(=O)CC)C(=O)C1. The number of carbonyl (C=O) groups excluding carboxylic acids is 3. The highest BCUT2D eigenvalue weighted by Gasteiger charge is 2.45. The van der Waals surface area contributed by atoms with E-state index in [1.807, 2.05) is 6.92 Å². The second kappa shape index (κ2) is 5.59. The Morgan fingerprint density at radius 1 is 1.33 bits per heavy atom. The number of hydrogen-bond acceptors (Lipinski definition) is 3. The van der Waals surface area contributed by atoms with Crippen LogP contribution in [-0.2, 0) is 14.4 Å². The molecule has 0 aromatic heterocycles. The van der Waals surface area contributed by atoms with Crippen molar-refractivity contribution in [1.29, 1.82) is 0 Å². The van der Waals surface area contributed by atoms with Gasteiger partial charge in [-0.2, -0.15) is 0 Å². The second-order valence-electron chi connectivity index (χ2n) is 5.52. The van der Waals surface area contributed by atoms with Crippen molar-refractivity contribution in [2.24, 2.45) is 11.3 Å². The van der Waals surface area contributed by atoms with Crippen LogP contribution in [0.3, 0.4) is 0 Å². The molecule has 0 unspecified atom stereocenters. The van der Waals surface area contributed by atoms with Gasteiger partial charge in [0.15, 0.2) is 0 Å². The van der Waals surface area contributed by atoms with Gasteiger partial charge in [0.1, 0.15) is 17.3 Å². The van der Waals surface area contributed by atoms with E-state index in [2.05, 4.69) is 6.58 Å². The zero-order valence-electron chi connectivity index (χ0n) is 11.5. The Bertz CT molecular complexity index is 375. The first-order valence-corrected chi connectivity index (χ1v) is 6.55. The van der Waals surface area contributed by atoms with Crippen molar-refractivity contribution in [3.63, 3.8) is 0 Å². The summed E-state index contributed by atoms with van der Waals surface area (Å²) in [5, 5.41) is 0. The van der Waals surface area contributed by atoms with Crippen LogP contribution in [0.25, 0.3) is 0 Å². The fraction of sp³-hybridized carbons (Fsp3) is 0.667. The van der Waals surface area contributed by atoms with Gasteiger partial charge in [-0.1, -0.05) is 19.1 Å². The molecule has 1 fully saturated rings. The van der Waals surface area contributed by atoms with Gasteiger partial charge < -0.3 is 0 Å². The molecule has 3 heteroatoms. The van der Waals surface area contributed by atoms with Gasteiger partial charge in [-0.25, -0.2) is 0 Å². The number of allylic oxidation sites excluding steroid dienone is 1. The fourth-order valence-corrected chi connectivity index (χ4v) is 2.32. The summed E-state index contributed by atoms with van der Waals surface area (Å²) >= 11 is 0. The Labute approximate surface area is 109 Å². The molecule has 1 rings (SSSR count). The third-order valence-electron chi connectivity index (χ3n) is 4.09. The predicted octanol–water partition coefficient (Wildman–Crippen LogP) is 2.88. The third-order valence-corrected chi connectivity index (χ3v) is 4.09. The van der Waals surface area contributed by atoms with Crippen LogP contribution in [0.1, 0.15) is 52.9 Å². The number of hydrogen-bond donors (Lipinski definition) is 0. The minimum atomic E-state index is -0.948. The number of Topliss-reactive ketones (excluding diaryl/α,β-unsaturated/α-hetero) is 3. The minimum absolute atomic E-state index is 0.0139. The molecule has 0 amide bonds. The molecule has 0 spiro atoms. The fourth-order valence-electron chi connectivity index (χ4n) is 2.32. The molecule has 1 saturated carbocycles. The smallest absolute Gasteiger partial charge is 0.146 e. The molecule has 0 bridgehead atoms. The molecule has 0 aromatic carbocycles. The Kier molecular flexibility index (Phi) is 4.60. The van der Waals surface area contributed by atoms with Gasteiger partial charge in [0.2, 0.25) is 0 Å². The molecule has 0 heterocycles. The number of rotatable bonds is 5. The van der Waals surface area contributed by atoms with Crippen LogP contribution in [0.2, 0.25) is 0 Å². The zero-order valence-corrected chi connectivity index (χ0v) is 11.5. The van der Waals surface area contributed by atoms with Gasteiger partial charge >= 0.3 is 0 Å². The molecule has 0 N–H and O–H groups in total. The lowest BCUT2D eigenvalue weighted by Gasteiger charge is -2.34. The first kappa shape index (κ1) is 14.8. The zero-order chi connectivity index (χ0) is 13.9. The first-order valence-electron chi connectivity index (χ1n) is 6.55. The maximum atomic E-state index is 12.2. The molecule has 1 aliphatic carbocycles. The topological polar surface area (TPSA) is 51.2 Å². The lowest BCUT2D eigenvalue weighted by atomic mass is 9.66. The average molecular weight is 250 g/mol. The summed E-state index contributed by atoms with van der Waals surface area (Å²) in [6, 6.07) is 0. The summed E-state index contributed by atoms with van der Waals surface area (Å²) in [7, 11) is 0. The van der Waals surface area contributed by atoms with E-state index < -0.39 is 5.41 Å². The Morgan fingerprint density at radius 2 is 1.83 bits per heavy atom. The largest absolute Gasteiger partial charge is 0.300 e. The summed E-state index contributed by atoms with van der Waals surface area (Å²) in [4.78, 5) is 35.7. The van der Waals surface area contributed by atoms with Crippen LogP contribution in [0, 0.1) is 11.3 Å². The molecule has 18 heavy (non-hydrogen) atoms. The lowest BCUT2D eigenvalue weighted by molar-refractivity contribution is -0.144. The molecule has 0 saturated heterocycles. The van der Waals surface area contributed by atoms with Crippen molar-refractivity contribution < 1.29 is 14.4 Å². The van der Waals surface area contributed by atoms with E-state index in [4.69, 9.17) is 0 Å². The predicted molar refractivity (Wildman–Crippen MR) is 70.2 cm³/mol. The van der Waals surface area contributed by atoms with E-state index in [1.165, 1.54) is 0 Å². The molecule has 0 radical (unpaired) electrons. The van der Waals surface area contributed by atoms with E-state index in [-0.39, 0.29) is 23.3 Å². The molecule has 1 aliphatic rings. The lowest BCUT2D eigenvalue weighted by Crippen LogP contribution is -2.43. The summed E-state index contributed by atoms with van der Waals surface area (Å²) in [5.41, 5.74) is -0.0556. The van der Waals surface area contributed by atoms with Crippen molar-refractivity contribution >= 4 is 17.3 Å². The van der Waals surface area contributed by atoms with Gasteiger partial charge in [-0.15, -0.1) is 0 Å². The first-order chi connectivity index (χ1) is 8.31. The van der Waals surface area contributed by atoms with Crippen molar-refractivity contribution in [2.45, 2.75) is 52.9 Å². The van der Waals surface area contributed by atoms with E-state index in [9.17, 15) is 14.4 Å². The summed E-state index contributed by atoms with van der Waals surface area (Å²) in [6.07, 6.45) is 1.92. The maximum Gasteiger partial charge on any atom is 0.146 e. The van der Waals surface area contributed by atoms with E-state index >= 15 is 0 Å². The molecule has 100 valence electrons. The summed E-state index contributed by atoms with van der Waals surface area (Å²) < 4.78 is 0. The van der Waals surface area contributed by atoms with Crippen LogP contribution >= 0.6 is 0 Å². The van der Waals surface area contributed by atoms with Crippen molar-refractivity contribution in [2.75, 3.05) is 0 Å². The minimum Gasteiger partial charge on any atom is -0.300 e. The highest BCUT2D eigenvalue weighted by Crippen LogP contribution is 2.38. The van der Waals surface area contributed by atoms with Crippen LogP contribution in [0.5, 0.6) is 0 Å². The third kappa shape index (κ3) is 2.95. The number of ketones is 3. The van der Waals surface area contributed by atoms with Gasteiger partial charge in [-0.3, -0.25) is 14.4 Å². The Hall–Kier alpha value is -1.25. The van der Waals surface area contributed by atoms with Crippen LogP contribution in [0.4, 0.5) is 0 Å². The highest BCUT2D eigenvalue weighted by atomic mass is 16.2. The van der Waals surface area contributed by atoms with E-state index in [0.29, 0.717) is 32.1 Å². The van der Waals surface area contributed by atoms with Gasteiger partial charge in [0, 0.05) is 25.7 Å². The quantitative estimate of drug-likeness (QED) is 0.557. The van der Waals surface area contributed by atoms with E-state index in [1.54, 1.807) is 13.8 Å². The normalized spacial score (nSPS) is 28.3. The van der Waals surface area contributed by atoms with Gasteiger partial charge in [0.25, 0.3) is 0 Å². The second-order valence-corrected chi connectivity index (χ2v) is 5.52. The summed E-state index contributed by atoms with van der Waals surface area (Å²) in [6.45, 7) is 9.17. The average Bonchev–Trinajstić information content (AvgIpc) is 2.32. The Morgan fingerprint density at radius 3 is 2.22 bits per heavy atom. The van der Waals surface area contributed by atoms with Crippen LogP contribution in [-0.4, -0.2) is 17.3 Å². The monoisotopic (exact) mass is 250 g/mol. The molecular weight excluding hydrogens is 228 g/mol. The molecule has 0 aromatic rings. The van der Waals surface area contributed by atoms with Gasteiger partial charge in [-0.05, 0) is 26.2 Å². The molecule has 0 aliphatic heterocycles.